The molecule has 0 unspecified atom stereocenters. The highest BCUT2D eigenvalue weighted by Gasteiger charge is 2.56. The number of para-hydroxylation sites is 1. The lowest BCUT2D eigenvalue weighted by atomic mass is 9.65. The maximum Gasteiger partial charge on any atom is 0.0726 e. The predicted molar refractivity (Wildman–Crippen MR) is 298 cm³/mol. The Morgan fingerprint density at radius 3 is 1.21 bits per heavy atom. The zero-order chi connectivity index (χ0) is 47.8. The number of anilines is 3. The van der Waals surface area contributed by atoms with Crippen LogP contribution in [-0.2, 0) is 16.2 Å². The molecule has 0 saturated carbocycles. The monoisotopic (exact) mass is 915 g/mol. The van der Waals surface area contributed by atoms with Crippen LogP contribution in [0, 0.1) is 0 Å². The summed E-state index contributed by atoms with van der Waals surface area (Å²) in [4.78, 5) is 2.49. The van der Waals surface area contributed by atoms with Crippen molar-refractivity contribution in [3.8, 4) is 55.6 Å². The first kappa shape index (κ1) is 41.0. The fraction of sp³-hybridized carbons (Fsp3) is 0.0704. The van der Waals surface area contributed by atoms with Crippen molar-refractivity contribution in [2.75, 3.05) is 4.90 Å². The largest absolute Gasteiger partial charge is 0.310 e. The van der Waals surface area contributed by atoms with Gasteiger partial charge in [-0.05, 0) is 148 Å². The number of nitrogens with zero attached hydrogens (tertiary/aromatic N) is 1. The van der Waals surface area contributed by atoms with E-state index in [9.17, 15) is 0 Å². The summed E-state index contributed by atoms with van der Waals surface area (Å²) in [7, 11) is 0. The summed E-state index contributed by atoms with van der Waals surface area (Å²) in [6.07, 6.45) is 0. The van der Waals surface area contributed by atoms with Crippen LogP contribution in [0.2, 0.25) is 0 Å². The first-order valence-corrected chi connectivity index (χ1v) is 25.4. The van der Waals surface area contributed by atoms with Gasteiger partial charge in [0.1, 0.15) is 0 Å². The van der Waals surface area contributed by atoms with E-state index in [4.69, 9.17) is 0 Å². The minimum Gasteiger partial charge on any atom is -0.310 e. The topological polar surface area (TPSA) is 3.24 Å². The third-order valence-corrected chi connectivity index (χ3v) is 16.9. The van der Waals surface area contributed by atoms with Gasteiger partial charge in [0.2, 0.25) is 0 Å². The fourth-order valence-corrected chi connectivity index (χ4v) is 14.1. The van der Waals surface area contributed by atoms with Gasteiger partial charge in [-0.3, -0.25) is 0 Å². The third kappa shape index (κ3) is 5.27. The van der Waals surface area contributed by atoms with E-state index < -0.39 is 10.8 Å². The summed E-state index contributed by atoms with van der Waals surface area (Å²) < 4.78 is 0. The number of hydrogen-bond donors (Lipinski definition) is 0. The summed E-state index contributed by atoms with van der Waals surface area (Å²) in [5, 5.41) is 0. The van der Waals surface area contributed by atoms with Crippen LogP contribution in [0.15, 0.2) is 261 Å². The molecule has 0 bridgehead atoms. The van der Waals surface area contributed by atoms with Crippen molar-refractivity contribution in [1.29, 1.82) is 0 Å². The maximum atomic E-state index is 2.67. The molecule has 0 heterocycles. The molecule has 0 aliphatic heterocycles. The standard InChI is InChI=1S/C71H49N/c1-69(2)58-35-19-15-31-52(58)55-41-39-50(43-62(55)69)72(49-29-13-6-14-30-49)51-40-42-57-63(44-51)71(59-36-20-16-32-53(59)54-33-17-21-37-60(54)71)65-45-64-67(66(68(57)65)46-23-7-3-8-24-46)56-34-18-22-38-61(56)70(64,47-25-9-4-10-26-47)48-27-11-5-12-28-48/h3-45H,1-2H3. The van der Waals surface area contributed by atoms with Crippen molar-refractivity contribution in [3.63, 3.8) is 0 Å². The number of fused-ring (bicyclic) bond motifs is 16. The van der Waals surface area contributed by atoms with Crippen LogP contribution in [0.5, 0.6) is 0 Å². The van der Waals surface area contributed by atoms with E-state index in [-0.39, 0.29) is 5.41 Å². The molecule has 11 aromatic rings. The van der Waals surface area contributed by atoms with Crippen molar-refractivity contribution in [3.05, 3.63) is 316 Å². The molecule has 15 rings (SSSR count). The minimum atomic E-state index is -0.649. The van der Waals surface area contributed by atoms with Crippen LogP contribution < -0.4 is 4.90 Å². The molecule has 0 N–H and O–H groups in total. The van der Waals surface area contributed by atoms with Crippen molar-refractivity contribution < 1.29 is 0 Å². The van der Waals surface area contributed by atoms with Crippen molar-refractivity contribution >= 4 is 17.1 Å². The molecule has 4 aliphatic carbocycles. The fourth-order valence-electron chi connectivity index (χ4n) is 14.1. The lowest BCUT2D eigenvalue weighted by Gasteiger charge is -2.36. The molecule has 72 heavy (non-hydrogen) atoms. The normalized spacial score (nSPS) is 14.9. The lowest BCUT2D eigenvalue weighted by molar-refractivity contribution is 0.660. The molecule has 4 aliphatic rings. The van der Waals surface area contributed by atoms with Gasteiger partial charge < -0.3 is 4.90 Å². The van der Waals surface area contributed by atoms with Gasteiger partial charge in [0.05, 0.1) is 10.8 Å². The van der Waals surface area contributed by atoms with Crippen molar-refractivity contribution in [2.45, 2.75) is 30.1 Å². The highest BCUT2D eigenvalue weighted by atomic mass is 15.1. The van der Waals surface area contributed by atoms with Gasteiger partial charge in [-0.15, -0.1) is 0 Å². The van der Waals surface area contributed by atoms with E-state index in [1.807, 2.05) is 0 Å². The highest BCUT2D eigenvalue weighted by Crippen LogP contribution is 2.69. The Hall–Kier alpha value is -8.78. The number of hydrogen-bond acceptors (Lipinski definition) is 1. The predicted octanol–water partition coefficient (Wildman–Crippen LogP) is 17.8. The molecule has 0 radical (unpaired) electrons. The summed E-state index contributed by atoms with van der Waals surface area (Å²) >= 11 is 0. The first-order chi connectivity index (χ1) is 35.5. The van der Waals surface area contributed by atoms with Crippen LogP contribution >= 0.6 is 0 Å². The highest BCUT2D eigenvalue weighted by molar-refractivity contribution is 6.08. The van der Waals surface area contributed by atoms with Crippen LogP contribution in [0.3, 0.4) is 0 Å². The lowest BCUT2D eigenvalue weighted by Crippen LogP contribution is -2.30. The minimum absolute atomic E-state index is 0.146. The quantitative estimate of drug-likeness (QED) is 0.161. The second-order valence-corrected chi connectivity index (χ2v) is 20.6. The van der Waals surface area contributed by atoms with Gasteiger partial charge >= 0.3 is 0 Å². The van der Waals surface area contributed by atoms with E-state index in [0.717, 1.165) is 17.1 Å². The number of benzene rings is 11. The van der Waals surface area contributed by atoms with Gasteiger partial charge in [-0.1, -0.05) is 238 Å². The Morgan fingerprint density at radius 2 is 0.639 bits per heavy atom. The third-order valence-electron chi connectivity index (χ3n) is 16.9. The van der Waals surface area contributed by atoms with Gasteiger partial charge in [0, 0.05) is 22.5 Å². The molecule has 1 spiro atoms. The first-order valence-electron chi connectivity index (χ1n) is 25.4. The second-order valence-electron chi connectivity index (χ2n) is 20.6. The molecular formula is C71H49N. The van der Waals surface area contributed by atoms with E-state index in [0.29, 0.717) is 0 Å². The summed E-state index contributed by atoms with van der Waals surface area (Å²) in [6, 6.07) is 98.7. The molecule has 0 saturated heterocycles. The Bertz CT molecular complexity index is 3910. The molecule has 0 aromatic heterocycles. The molecule has 0 amide bonds. The Labute approximate surface area is 422 Å². The zero-order valence-electron chi connectivity index (χ0n) is 40.3. The van der Waals surface area contributed by atoms with Gasteiger partial charge in [0.15, 0.2) is 0 Å². The van der Waals surface area contributed by atoms with Crippen molar-refractivity contribution in [1.82, 2.24) is 0 Å². The smallest absolute Gasteiger partial charge is 0.0726 e. The SMILES string of the molecule is CC1(C)c2ccccc2-c2ccc(N(c3ccccc3)c3ccc4c(c3)C3(c5ccccc5-c5ccccc53)c3cc5c(c(-c6ccccc6)c3-4)-c3ccccc3C5(c3ccccc3)c3ccccc3)cc21. The Kier molecular flexibility index (Phi) is 8.62. The Balaban J connectivity index is 1.08. The molecule has 11 aromatic carbocycles. The van der Waals surface area contributed by atoms with E-state index in [2.05, 4.69) is 280 Å². The van der Waals surface area contributed by atoms with E-state index in [1.54, 1.807) is 0 Å². The maximum absolute atomic E-state index is 2.67. The second kappa shape index (κ2) is 15.1. The molecule has 338 valence electrons. The summed E-state index contributed by atoms with van der Waals surface area (Å²) in [6.45, 7) is 4.76. The van der Waals surface area contributed by atoms with Crippen LogP contribution in [0.4, 0.5) is 17.1 Å². The van der Waals surface area contributed by atoms with Crippen LogP contribution in [-0.4, -0.2) is 0 Å². The molecule has 0 fully saturated rings. The number of rotatable bonds is 6. The van der Waals surface area contributed by atoms with E-state index in [1.165, 1.54) is 111 Å². The van der Waals surface area contributed by atoms with Gasteiger partial charge in [-0.2, -0.15) is 0 Å². The molecule has 0 atom stereocenters. The van der Waals surface area contributed by atoms with Crippen LogP contribution in [0.1, 0.15) is 69.5 Å². The summed E-state index contributed by atoms with van der Waals surface area (Å²) in [5.41, 5.74) is 28.1. The van der Waals surface area contributed by atoms with E-state index >= 15 is 0 Å². The summed E-state index contributed by atoms with van der Waals surface area (Å²) in [5.74, 6) is 0. The van der Waals surface area contributed by atoms with Gasteiger partial charge in [0.25, 0.3) is 0 Å². The average Bonchev–Trinajstić information content (AvgIpc) is 4.10. The molecule has 1 nitrogen and oxygen atoms in total. The van der Waals surface area contributed by atoms with Crippen LogP contribution in [0.25, 0.3) is 55.6 Å². The molecular weight excluding hydrogens is 867 g/mol. The Morgan fingerprint density at radius 1 is 0.250 bits per heavy atom. The van der Waals surface area contributed by atoms with Gasteiger partial charge in [-0.25, -0.2) is 0 Å². The van der Waals surface area contributed by atoms with Crippen molar-refractivity contribution in [2.24, 2.45) is 0 Å². The zero-order valence-corrected chi connectivity index (χ0v) is 40.3. The average molecular weight is 916 g/mol. The molecule has 1 heteroatoms.